The Balaban J connectivity index is 2.51. The number of hydrogen-bond acceptors (Lipinski definition) is 2. The molecule has 2 rings (SSSR count). The Bertz CT molecular complexity index is 540. The third-order valence-electron chi connectivity index (χ3n) is 3.39. The summed E-state index contributed by atoms with van der Waals surface area (Å²) in [6.07, 6.45) is 5.59. The Kier molecular flexibility index (Phi) is 3.84. The number of benzene rings is 1. The molecular formula is C16H19NO2. The van der Waals surface area contributed by atoms with Crippen molar-refractivity contribution in [3.05, 3.63) is 41.0 Å². The lowest BCUT2D eigenvalue weighted by Gasteiger charge is -2.21. The molecule has 2 amide bonds. The molecule has 1 aromatic rings. The standard InChI is InChI=1S/C16H19NO2/c1-4-6-12-9-11(3)16(13(5-2)10-12)17-14(18)7-8-15(17)19/h7-10H,4-6H2,1-3H3. The lowest BCUT2D eigenvalue weighted by Crippen LogP contribution is -2.31. The Labute approximate surface area is 113 Å². The summed E-state index contributed by atoms with van der Waals surface area (Å²) >= 11 is 0. The predicted molar refractivity (Wildman–Crippen MR) is 76.2 cm³/mol. The first-order valence-electron chi connectivity index (χ1n) is 6.77. The van der Waals surface area contributed by atoms with Gasteiger partial charge in [-0.15, -0.1) is 0 Å². The normalized spacial score (nSPS) is 14.6. The molecule has 0 bridgehead atoms. The third-order valence-corrected chi connectivity index (χ3v) is 3.39. The second-order valence-corrected chi connectivity index (χ2v) is 4.87. The minimum atomic E-state index is -0.244. The van der Waals surface area contributed by atoms with Gasteiger partial charge < -0.3 is 0 Å². The first-order chi connectivity index (χ1) is 9.08. The fourth-order valence-corrected chi connectivity index (χ4v) is 2.58. The van der Waals surface area contributed by atoms with Crippen LogP contribution in [0.3, 0.4) is 0 Å². The van der Waals surface area contributed by atoms with Crippen molar-refractivity contribution >= 4 is 17.5 Å². The summed E-state index contributed by atoms with van der Waals surface area (Å²) in [4.78, 5) is 25.0. The van der Waals surface area contributed by atoms with Crippen LogP contribution in [-0.4, -0.2) is 11.8 Å². The van der Waals surface area contributed by atoms with Gasteiger partial charge in [-0.05, 0) is 36.5 Å². The van der Waals surface area contributed by atoms with Gasteiger partial charge in [0, 0.05) is 12.2 Å². The van der Waals surface area contributed by atoms with Crippen molar-refractivity contribution in [2.24, 2.45) is 0 Å². The average molecular weight is 257 g/mol. The van der Waals surface area contributed by atoms with Crippen molar-refractivity contribution in [3.63, 3.8) is 0 Å². The molecule has 3 nitrogen and oxygen atoms in total. The monoisotopic (exact) mass is 257 g/mol. The molecule has 0 radical (unpaired) electrons. The quantitative estimate of drug-likeness (QED) is 0.778. The van der Waals surface area contributed by atoms with Gasteiger partial charge in [-0.25, -0.2) is 4.90 Å². The van der Waals surface area contributed by atoms with E-state index in [4.69, 9.17) is 0 Å². The molecular weight excluding hydrogens is 238 g/mol. The van der Waals surface area contributed by atoms with Crippen molar-refractivity contribution in [2.75, 3.05) is 4.90 Å². The molecule has 0 saturated carbocycles. The number of amides is 2. The molecule has 0 aliphatic carbocycles. The first-order valence-corrected chi connectivity index (χ1v) is 6.77. The highest BCUT2D eigenvalue weighted by Gasteiger charge is 2.28. The minimum Gasteiger partial charge on any atom is -0.269 e. The maximum Gasteiger partial charge on any atom is 0.258 e. The van der Waals surface area contributed by atoms with Crippen LogP contribution in [0.5, 0.6) is 0 Å². The van der Waals surface area contributed by atoms with E-state index in [9.17, 15) is 9.59 Å². The number of carbonyl (C=O) groups is 2. The SMILES string of the molecule is CCCc1cc(C)c(N2C(=O)C=CC2=O)c(CC)c1. The van der Waals surface area contributed by atoms with Crippen LogP contribution in [0.4, 0.5) is 5.69 Å². The Hall–Kier alpha value is -1.90. The van der Waals surface area contributed by atoms with E-state index >= 15 is 0 Å². The summed E-state index contributed by atoms with van der Waals surface area (Å²) in [7, 11) is 0. The molecule has 0 saturated heterocycles. The van der Waals surface area contributed by atoms with Gasteiger partial charge in [0.25, 0.3) is 11.8 Å². The van der Waals surface area contributed by atoms with Gasteiger partial charge in [-0.1, -0.05) is 32.4 Å². The summed E-state index contributed by atoms with van der Waals surface area (Å²) in [5, 5.41) is 0. The second kappa shape index (κ2) is 5.39. The van der Waals surface area contributed by atoms with Crippen LogP contribution in [0.15, 0.2) is 24.3 Å². The number of nitrogens with zero attached hydrogens (tertiary/aromatic N) is 1. The molecule has 0 unspecified atom stereocenters. The number of anilines is 1. The lowest BCUT2D eigenvalue weighted by atomic mass is 9.98. The number of rotatable bonds is 4. The van der Waals surface area contributed by atoms with Crippen molar-refractivity contribution in [1.29, 1.82) is 0 Å². The number of carbonyl (C=O) groups excluding carboxylic acids is 2. The first kappa shape index (κ1) is 13.5. The highest BCUT2D eigenvalue weighted by atomic mass is 16.2. The second-order valence-electron chi connectivity index (χ2n) is 4.87. The predicted octanol–water partition coefficient (Wildman–Crippen LogP) is 2.94. The van der Waals surface area contributed by atoms with Crippen LogP contribution in [0, 0.1) is 6.92 Å². The molecule has 0 atom stereocenters. The maximum absolute atomic E-state index is 11.8. The van der Waals surface area contributed by atoms with Gasteiger partial charge in [0.2, 0.25) is 0 Å². The molecule has 0 fully saturated rings. The molecule has 1 aromatic carbocycles. The van der Waals surface area contributed by atoms with E-state index in [2.05, 4.69) is 19.1 Å². The molecule has 1 heterocycles. The smallest absolute Gasteiger partial charge is 0.258 e. The molecule has 19 heavy (non-hydrogen) atoms. The maximum atomic E-state index is 11.8. The van der Waals surface area contributed by atoms with E-state index in [-0.39, 0.29) is 11.8 Å². The molecule has 3 heteroatoms. The van der Waals surface area contributed by atoms with E-state index in [1.165, 1.54) is 22.6 Å². The average Bonchev–Trinajstić information content (AvgIpc) is 2.69. The Morgan fingerprint density at radius 2 is 1.68 bits per heavy atom. The minimum absolute atomic E-state index is 0.244. The number of hydrogen-bond donors (Lipinski definition) is 0. The van der Waals surface area contributed by atoms with Gasteiger partial charge >= 0.3 is 0 Å². The van der Waals surface area contributed by atoms with Crippen molar-refractivity contribution < 1.29 is 9.59 Å². The highest BCUT2D eigenvalue weighted by Crippen LogP contribution is 2.30. The summed E-state index contributed by atoms with van der Waals surface area (Å²) < 4.78 is 0. The third kappa shape index (κ3) is 2.46. The fourth-order valence-electron chi connectivity index (χ4n) is 2.58. The van der Waals surface area contributed by atoms with Crippen LogP contribution in [0.1, 0.15) is 37.0 Å². The summed E-state index contributed by atoms with van der Waals surface area (Å²) in [5.74, 6) is -0.489. The molecule has 1 aliphatic heterocycles. The van der Waals surface area contributed by atoms with E-state index in [0.29, 0.717) is 0 Å². The van der Waals surface area contributed by atoms with Crippen LogP contribution in [0.2, 0.25) is 0 Å². The largest absolute Gasteiger partial charge is 0.269 e. The van der Waals surface area contributed by atoms with Gasteiger partial charge in [0.15, 0.2) is 0 Å². The molecule has 0 N–H and O–H groups in total. The Morgan fingerprint density at radius 1 is 1.05 bits per heavy atom. The summed E-state index contributed by atoms with van der Waals surface area (Å²) in [6, 6.07) is 4.20. The van der Waals surface area contributed by atoms with E-state index in [1.807, 2.05) is 13.8 Å². The summed E-state index contributed by atoms with van der Waals surface area (Å²) in [6.45, 7) is 6.16. The van der Waals surface area contributed by atoms with Crippen molar-refractivity contribution in [2.45, 2.75) is 40.0 Å². The number of aryl methyl sites for hydroxylation is 3. The lowest BCUT2D eigenvalue weighted by molar-refractivity contribution is -0.120. The van der Waals surface area contributed by atoms with E-state index in [0.717, 1.165) is 36.1 Å². The fraction of sp³-hybridized carbons (Fsp3) is 0.375. The zero-order chi connectivity index (χ0) is 14.0. The van der Waals surface area contributed by atoms with Crippen LogP contribution in [-0.2, 0) is 22.4 Å². The number of imide groups is 1. The van der Waals surface area contributed by atoms with E-state index in [1.54, 1.807) is 0 Å². The van der Waals surface area contributed by atoms with Crippen molar-refractivity contribution in [1.82, 2.24) is 0 Å². The zero-order valence-corrected chi connectivity index (χ0v) is 11.7. The zero-order valence-electron chi connectivity index (χ0n) is 11.7. The highest BCUT2D eigenvalue weighted by molar-refractivity contribution is 6.28. The van der Waals surface area contributed by atoms with Crippen molar-refractivity contribution in [3.8, 4) is 0 Å². The van der Waals surface area contributed by atoms with Gasteiger partial charge in [-0.3, -0.25) is 9.59 Å². The van der Waals surface area contributed by atoms with Gasteiger partial charge in [-0.2, -0.15) is 0 Å². The van der Waals surface area contributed by atoms with Crippen LogP contribution >= 0.6 is 0 Å². The van der Waals surface area contributed by atoms with Gasteiger partial charge in [0.1, 0.15) is 0 Å². The topological polar surface area (TPSA) is 37.4 Å². The summed E-state index contributed by atoms with van der Waals surface area (Å²) in [5.41, 5.74) is 4.09. The molecule has 0 spiro atoms. The van der Waals surface area contributed by atoms with Crippen LogP contribution < -0.4 is 4.90 Å². The Morgan fingerprint density at radius 3 is 2.21 bits per heavy atom. The van der Waals surface area contributed by atoms with E-state index < -0.39 is 0 Å². The molecule has 1 aliphatic rings. The van der Waals surface area contributed by atoms with Crippen LogP contribution in [0.25, 0.3) is 0 Å². The molecule has 100 valence electrons. The molecule has 0 aromatic heterocycles. The van der Waals surface area contributed by atoms with Gasteiger partial charge in [0.05, 0.1) is 5.69 Å².